The molecule has 0 N–H and O–H groups in total. The van der Waals surface area contributed by atoms with Crippen molar-refractivity contribution in [3.8, 4) is 0 Å². The molecule has 0 bridgehead atoms. The van der Waals surface area contributed by atoms with Crippen molar-refractivity contribution in [3.05, 3.63) is 62.9 Å². The molecule has 0 aliphatic carbocycles. The van der Waals surface area contributed by atoms with Gasteiger partial charge in [0.2, 0.25) is 0 Å². The van der Waals surface area contributed by atoms with Crippen LogP contribution in [0, 0.1) is 0 Å². The van der Waals surface area contributed by atoms with E-state index < -0.39 is 14.5 Å². The van der Waals surface area contributed by atoms with Crippen LogP contribution in [-0.2, 0) is 0 Å². The Morgan fingerprint density at radius 3 is 1.29 bits per heavy atom. The van der Waals surface area contributed by atoms with Crippen LogP contribution in [0.5, 0.6) is 0 Å². The Hall–Kier alpha value is -0.576. The van der Waals surface area contributed by atoms with Crippen LogP contribution in [0.4, 0.5) is 0 Å². The van der Waals surface area contributed by atoms with Crippen LogP contribution in [0.2, 0.25) is 24.2 Å². The molecule has 0 amide bonds. The van der Waals surface area contributed by atoms with Gasteiger partial charge < -0.3 is 0 Å². The standard InChI is InChI=1S/C14H23ClSi2/c1-6-11-16(10-5,12-7-2)17(15,13-8-3)14-9-4/h6-10H,1-5,11-14H2. The Kier molecular flexibility index (Phi) is 7.43. The lowest BCUT2D eigenvalue weighted by molar-refractivity contribution is 1.45. The van der Waals surface area contributed by atoms with Crippen molar-refractivity contribution < 1.29 is 0 Å². The average molecular weight is 283 g/mol. The molecule has 0 aromatic heterocycles. The summed E-state index contributed by atoms with van der Waals surface area (Å²) in [6.07, 6.45) is 7.85. The van der Waals surface area contributed by atoms with E-state index in [-0.39, 0.29) is 0 Å². The lowest BCUT2D eigenvalue weighted by Crippen LogP contribution is -2.57. The lowest BCUT2D eigenvalue weighted by Gasteiger charge is -2.40. The van der Waals surface area contributed by atoms with Gasteiger partial charge in [0.25, 0.3) is 0 Å². The normalized spacial score (nSPS) is 11.6. The smallest absolute Gasteiger partial charge is 0.159 e. The van der Waals surface area contributed by atoms with Gasteiger partial charge in [-0.15, -0.1) is 38.6 Å². The quantitative estimate of drug-likeness (QED) is 0.295. The van der Waals surface area contributed by atoms with Gasteiger partial charge in [-0.3, -0.25) is 0 Å². The van der Waals surface area contributed by atoms with Gasteiger partial charge in [0, 0.05) is 0 Å². The molecule has 17 heavy (non-hydrogen) atoms. The predicted octanol–water partition coefficient (Wildman–Crippen LogP) is 5.17. The second-order valence-corrected chi connectivity index (χ2v) is 19.6. The highest BCUT2D eigenvalue weighted by Gasteiger charge is 2.49. The highest BCUT2D eigenvalue weighted by molar-refractivity contribution is 7.61. The highest BCUT2D eigenvalue weighted by Crippen LogP contribution is 2.38. The summed E-state index contributed by atoms with van der Waals surface area (Å²) in [4.78, 5) is 0. The molecule has 94 valence electrons. The van der Waals surface area contributed by atoms with Gasteiger partial charge in [0.1, 0.15) is 0 Å². The third-order valence-electron chi connectivity index (χ3n) is 3.24. The Morgan fingerprint density at radius 1 is 0.706 bits per heavy atom. The van der Waals surface area contributed by atoms with Crippen LogP contribution in [0.1, 0.15) is 0 Å². The third-order valence-corrected chi connectivity index (χ3v) is 22.4. The third kappa shape index (κ3) is 3.70. The molecular formula is C14H23ClSi2. The van der Waals surface area contributed by atoms with E-state index in [0.29, 0.717) is 0 Å². The minimum atomic E-state index is -1.96. The molecule has 0 spiro atoms. The maximum atomic E-state index is 7.01. The van der Waals surface area contributed by atoms with Crippen LogP contribution in [-0.4, -0.2) is 14.5 Å². The number of hydrogen-bond donors (Lipinski definition) is 0. The summed E-state index contributed by atoms with van der Waals surface area (Å²) in [6, 6.07) is 3.75. The molecule has 0 fully saturated rings. The van der Waals surface area contributed by atoms with Gasteiger partial charge in [-0.25, -0.2) is 0 Å². The van der Waals surface area contributed by atoms with Crippen LogP contribution in [0.25, 0.3) is 0 Å². The summed E-state index contributed by atoms with van der Waals surface area (Å²) in [5.41, 5.74) is 2.13. The fourth-order valence-electron chi connectivity index (χ4n) is 2.26. The number of rotatable bonds is 10. The Balaban J connectivity index is 5.51. The van der Waals surface area contributed by atoms with Crippen molar-refractivity contribution in [2.45, 2.75) is 24.2 Å². The zero-order valence-electron chi connectivity index (χ0n) is 10.6. The summed E-state index contributed by atoms with van der Waals surface area (Å²) in [7, 11) is -1.78. The molecule has 0 saturated heterocycles. The Labute approximate surface area is 113 Å². The number of halogens is 1. The molecular weight excluding hydrogens is 260 g/mol. The predicted molar refractivity (Wildman–Crippen MR) is 87.6 cm³/mol. The fourth-order valence-corrected chi connectivity index (χ4v) is 17.0. The van der Waals surface area contributed by atoms with Gasteiger partial charge >= 0.3 is 0 Å². The fraction of sp³-hybridized carbons (Fsp3) is 0.286. The monoisotopic (exact) mass is 282 g/mol. The second-order valence-electron chi connectivity index (χ2n) is 4.30. The number of hydrogen-bond acceptors (Lipinski definition) is 0. The molecule has 0 radical (unpaired) electrons. The summed E-state index contributed by atoms with van der Waals surface area (Å²) >= 11 is 7.01. The van der Waals surface area contributed by atoms with E-state index in [1.54, 1.807) is 0 Å². The van der Waals surface area contributed by atoms with Crippen molar-refractivity contribution in [2.75, 3.05) is 0 Å². The summed E-state index contributed by atoms with van der Waals surface area (Å²) in [5, 5.41) is 0. The maximum absolute atomic E-state index is 7.01. The van der Waals surface area contributed by atoms with Gasteiger partial charge in [0.05, 0.1) is 7.59 Å². The SMILES string of the molecule is C=CC[Si](Cl)(CC=C)[Si](C=C)(CC=C)CC=C. The van der Waals surface area contributed by atoms with Crippen molar-refractivity contribution >= 4 is 25.6 Å². The van der Waals surface area contributed by atoms with Gasteiger partial charge in [-0.2, -0.15) is 11.1 Å². The topological polar surface area (TPSA) is 0 Å². The molecule has 0 rings (SSSR count). The van der Waals surface area contributed by atoms with Crippen LogP contribution in [0.15, 0.2) is 62.9 Å². The molecule has 0 heterocycles. The van der Waals surface area contributed by atoms with Gasteiger partial charge in [0.15, 0.2) is 6.90 Å². The van der Waals surface area contributed by atoms with Crippen LogP contribution in [0.3, 0.4) is 0 Å². The van der Waals surface area contributed by atoms with Crippen molar-refractivity contribution in [1.82, 2.24) is 0 Å². The van der Waals surface area contributed by atoms with Crippen LogP contribution < -0.4 is 0 Å². The van der Waals surface area contributed by atoms with Crippen LogP contribution >= 0.6 is 11.1 Å². The minimum Gasteiger partial charge on any atom is -0.170 e. The summed E-state index contributed by atoms with van der Waals surface area (Å²) in [6.45, 7) is 17.5. The first-order valence-electron chi connectivity index (χ1n) is 5.82. The molecule has 0 aliphatic heterocycles. The second kappa shape index (κ2) is 7.69. The van der Waals surface area contributed by atoms with Crippen molar-refractivity contribution in [1.29, 1.82) is 0 Å². The number of allylic oxidation sites excluding steroid dienone is 4. The first-order chi connectivity index (χ1) is 8.05. The average Bonchev–Trinajstić information content (AvgIpc) is 2.29. The first-order valence-corrected chi connectivity index (χ1v) is 12.7. The van der Waals surface area contributed by atoms with Crippen molar-refractivity contribution in [2.24, 2.45) is 0 Å². The van der Waals surface area contributed by atoms with E-state index in [4.69, 9.17) is 11.1 Å². The zero-order valence-corrected chi connectivity index (χ0v) is 13.4. The van der Waals surface area contributed by atoms with E-state index in [9.17, 15) is 0 Å². The molecule has 0 aromatic carbocycles. The van der Waals surface area contributed by atoms with Gasteiger partial charge in [-0.1, -0.05) is 24.3 Å². The Morgan fingerprint density at radius 2 is 1.06 bits per heavy atom. The minimum absolute atomic E-state index is 0.903. The maximum Gasteiger partial charge on any atom is 0.159 e. The molecule has 0 aromatic rings. The first kappa shape index (κ1) is 16.4. The molecule has 0 unspecified atom stereocenters. The van der Waals surface area contributed by atoms with E-state index >= 15 is 0 Å². The highest BCUT2D eigenvalue weighted by atomic mass is 35.6. The van der Waals surface area contributed by atoms with Gasteiger partial charge in [-0.05, 0) is 24.2 Å². The molecule has 0 aliphatic rings. The van der Waals surface area contributed by atoms with E-state index in [0.717, 1.165) is 24.2 Å². The molecule has 3 heteroatoms. The summed E-state index contributed by atoms with van der Waals surface area (Å²) in [5.74, 6) is 0. The molecule has 0 atom stereocenters. The zero-order chi connectivity index (χ0) is 13.4. The van der Waals surface area contributed by atoms with Crippen molar-refractivity contribution in [3.63, 3.8) is 0 Å². The van der Waals surface area contributed by atoms with E-state index in [2.05, 4.69) is 38.6 Å². The lowest BCUT2D eigenvalue weighted by atomic mass is 10.7. The molecule has 0 nitrogen and oxygen atoms in total. The Bertz CT molecular complexity index is 287. The van der Waals surface area contributed by atoms with E-state index in [1.165, 1.54) is 0 Å². The summed E-state index contributed by atoms with van der Waals surface area (Å²) < 4.78 is 0. The molecule has 0 saturated carbocycles. The van der Waals surface area contributed by atoms with E-state index in [1.807, 2.05) is 24.3 Å². The largest absolute Gasteiger partial charge is 0.170 e.